The molecule has 2 aromatic rings. The third-order valence-electron chi connectivity index (χ3n) is 5.70. The lowest BCUT2D eigenvalue weighted by molar-refractivity contribution is 0.0671. The average molecular weight is 365 g/mol. The molecule has 0 bridgehead atoms. The van der Waals surface area contributed by atoms with E-state index < -0.39 is 0 Å². The Morgan fingerprint density at radius 3 is 2.56 bits per heavy atom. The van der Waals surface area contributed by atoms with Crippen molar-refractivity contribution in [3.63, 3.8) is 0 Å². The number of hydrogen-bond acceptors (Lipinski definition) is 3. The lowest BCUT2D eigenvalue weighted by Gasteiger charge is -2.29. The Hall–Kier alpha value is -2.49. The van der Waals surface area contributed by atoms with Crippen molar-refractivity contribution in [2.45, 2.75) is 51.6 Å². The molecule has 0 aromatic heterocycles. The lowest BCUT2D eigenvalue weighted by Crippen LogP contribution is -2.40. The highest BCUT2D eigenvalue weighted by Crippen LogP contribution is 2.34. The quantitative estimate of drug-likeness (QED) is 0.806. The Kier molecular flexibility index (Phi) is 5.06. The van der Waals surface area contributed by atoms with Gasteiger partial charge in [0.25, 0.3) is 5.91 Å². The number of benzene rings is 2. The Labute approximate surface area is 161 Å². The van der Waals surface area contributed by atoms with E-state index in [9.17, 15) is 4.79 Å². The van der Waals surface area contributed by atoms with Gasteiger partial charge in [0.15, 0.2) is 11.5 Å². The second-order valence-corrected chi connectivity index (χ2v) is 7.68. The van der Waals surface area contributed by atoms with E-state index in [2.05, 4.69) is 43.0 Å². The molecule has 0 saturated carbocycles. The molecule has 2 aliphatic heterocycles. The number of fused-ring (bicyclic) bond motifs is 1. The summed E-state index contributed by atoms with van der Waals surface area (Å²) in [5, 5.41) is 0. The molecule has 142 valence electrons. The van der Waals surface area contributed by atoms with Crippen LogP contribution in [0.5, 0.6) is 11.5 Å². The van der Waals surface area contributed by atoms with Crippen molar-refractivity contribution in [1.82, 2.24) is 4.90 Å². The first-order chi connectivity index (χ1) is 13.1. The van der Waals surface area contributed by atoms with Crippen molar-refractivity contribution in [2.75, 3.05) is 13.2 Å². The first-order valence-corrected chi connectivity index (χ1v) is 9.89. The number of ether oxygens (including phenoxy) is 2. The fourth-order valence-electron chi connectivity index (χ4n) is 4.13. The fraction of sp³-hybridized carbons (Fsp3) is 0.435. The van der Waals surface area contributed by atoms with Gasteiger partial charge in [-0.15, -0.1) is 0 Å². The van der Waals surface area contributed by atoms with Gasteiger partial charge >= 0.3 is 0 Å². The Morgan fingerprint density at radius 1 is 1.04 bits per heavy atom. The molecule has 0 radical (unpaired) electrons. The molecule has 1 amide bonds. The minimum atomic E-state index is 0.103. The molecule has 0 aliphatic carbocycles. The predicted molar refractivity (Wildman–Crippen MR) is 106 cm³/mol. The summed E-state index contributed by atoms with van der Waals surface area (Å²) >= 11 is 0. The van der Waals surface area contributed by atoms with Gasteiger partial charge in [0.2, 0.25) is 0 Å². The molecule has 0 spiro atoms. The van der Waals surface area contributed by atoms with E-state index in [-0.39, 0.29) is 11.9 Å². The van der Waals surface area contributed by atoms with Crippen LogP contribution in [-0.2, 0) is 6.42 Å². The van der Waals surface area contributed by atoms with Gasteiger partial charge in [-0.25, -0.2) is 0 Å². The van der Waals surface area contributed by atoms with Gasteiger partial charge in [0.05, 0.1) is 0 Å². The number of likely N-dealkylation sites (tertiary alicyclic amines) is 1. The molecule has 1 fully saturated rings. The largest absolute Gasteiger partial charge is 0.486 e. The Balaban J connectivity index is 1.48. The van der Waals surface area contributed by atoms with Crippen molar-refractivity contribution in [2.24, 2.45) is 0 Å². The normalized spacial score (nSPS) is 21.3. The highest BCUT2D eigenvalue weighted by atomic mass is 16.6. The number of aryl methyl sites for hydroxylation is 2. The van der Waals surface area contributed by atoms with E-state index in [4.69, 9.17) is 9.47 Å². The van der Waals surface area contributed by atoms with Crippen LogP contribution in [0.4, 0.5) is 0 Å². The molecule has 1 saturated heterocycles. The molecule has 2 aromatic carbocycles. The van der Waals surface area contributed by atoms with Crippen LogP contribution in [0.3, 0.4) is 0 Å². The monoisotopic (exact) mass is 365 g/mol. The van der Waals surface area contributed by atoms with E-state index in [1.54, 1.807) is 0 Å². The van der Waals surface area contributed by atoms with Crippen molar-refractivity contribution in [1.29, 1.82) is 0 Å². The van der Waals surface area contributed by atoms with Crippen LogP contribution in [-0.4, -0.2) is 36.1 Å². The maximum absolute atomic E-state index is 13.2. The third-order valence-corrected chi connectivity index (χ3v) is 5.70. The summed E-state index contributed by atoms with van der Waals surface area (Å²) in [5.41, 5.74) is 3.31. The molecule has 0 N–H and O–H groups in total. The Morgan fingerprint density at radius 2 is 1.78 bits per heavy atom. The van der Waals surface area contributed by atoms with Crippen LogP contribution in [0.2, 0.25) is 0 Å². The second-order valence-electron chi connectivity index (χ2n) is 7.68. The molecule has 27 heavy (non-hydrogen) atoms. The summed E-state index contributed by atoms with van der Waals surface area (Å²) in [6, 6.07) is 14.8. The number of nitrogens with zero attached hydrogens (tertiary/aromatic N) is 1. The van der Waals surface area contributed by atoms with Crippen LogP contribution in [0.1, 0.15) is 47.7 Å². The third kappa shape index (κ3) is 3.80. The van der Waals surface area contributed by atoms with E-state index in [1.807, 2.05) is 18.2 Å². The van der Waals surface area contributed by atoms with Crippen molar-refractivity contribution in [3.05, 3.63) is 59.2 Å². The van der Waals surface area contributed by atoms with Crippen LogP contribution in [0.25, 0.3) is 0 Å². The zero-order chi connectivity index (χ0) is 18.8. The maximum atomic E-state index is 13.2. The highest BCUT2D eigenvalue weighted by molar-refractivity contribution is 5.95. The van der Waals surface area contributed by atoms with E-state index >= 15 is 0 Å². The van der Waals surface area contributed by atoms with Gasteiger partial charge in [0.1, 0.15) is 13.2 Å². The smallest absolute Gasteiger partial charge is 0.254 e. The maximum Gasteiger partial charge on any atom is 0.254 e. The minimum Gasteiger partial charge on any atom is -0.486 e. The van der Waals surface area contributed by atoms with Crippen LogP contribution >= 0.6 is 0 Å². The molecule has 2 aliphatic rings. The Bertz CT molecular complexity index is 815. The van der Waals surface area contributed by atoms with Crippen molar-refractivity contribution in [3.8, 4) is 11.5 Å². The number of amides is 1. The number of carbonyl (C=O) groups is 1. The SMILES string of the molecule is Cc1ccc(CC[C@H]2CC[C@@H](C)N2C(=O)c2ccc3c(c2)OCCO3)cc1. The zero-order valence-corrected chi connectivity index (χ0v) is 16.1. The van der Waals surface area contributed by atoms with E-state index in [0.717, 1.165) is 31.4 Å². The van der Waals surface area contributed by atoms with Crippen molar-refractivity contribution >= 4 is 5.91 Å². The second kappa shape index (κ2) is 7.63. The molecular weight excluding hydrogens is 338 g/mol. The van der Waals surface area contributed by atoms with E-state index in [1.165, 1.54) is 11.1 Å². The van der Waals surface area contributed by atoms with Gasteiger partial charge < -0.3 is 14.4 Å². The topological polar surface area (TPSA) is 38.8 Å². The summed E-state index contributed by atoms with van der Waals surface area (Å²) in [4.78, 5) is 15.3. The predicted octanol–water partition coefficient (Wildman–Crippen LogP) is 4.39. The highest BCUT2D eigenvalue weighted by Gasteiger charge is 2.34. The zero-order valence-electron chi connectivity index (χ0n) is 16.1. The minimum absolute atomic E-state index is 0.103. The summed E-state index contributed by atoms with van der Waals surface area (Å²) in [5.74, 6) is 1.50. The number of hydrogen-bond donors (Lipinski definition) is 0. The summed E-state index contributed by atoms with van der Waals surface area (Å²) < 4.78 is 11.2. The van der Waals surface area contributed by atoms with Crippen LogP contribution < -0.4 is 9.47 Å². The number of rotatable bonds is 4. The molecule has 4 nitrogen and oxygen atoms in total. The molecule has 4 heteroatoms. The van der Waals surface area contributed by atoms with Crippen LogP contribution in [0, 0.1) is 6.92 Å². The molecule has 2 atom stereocenters. The summed E-state index contributed by atoms with van der Waals surface area (Å²) in [7, 11) is 0. The van der Waals surface area contributed by atoms with Gasteiger partial charge in [-0.05, 0) is 63.3 Å². The fourth-order valence-corrected chi connectivity index (χ4v) is 4.13. The lowest BCUT2D eigenvalue weighted by atomic mass is 10.0. The van der Waals surface area contributed by atoms with Gasteiger partial charge in [-0.3, -0.25) is 4.79 Å². The van der Waals surface area contributed by atoms with Gasteiger partial charge in [-0.2, -0.15) is 0 Å². The summed E-state index contributed by atoms with van der Waals surface area (Å²) in [6.45, 7) is 5.35. The van der Waals surface area contributed by atoms with Gasteiger partial charge in [0, 0.05) is 17.6 Å². The first-order valence-electron chi connectivity index (χ1n) is 9.89. The van der Waals surface area contributed by atoms with Crippen LogP contribution in [0.15, 0.2) is 42.5 Å². The molecular formula is C23H27NO3. The molecule has 0 unspecified atom stereocenters. The standard InChI is InChI=1S/C23H27NO3/c1-16-3-6-18(7-4-16)8-11-20-10-5-17(2)24(20)23(25)19-9-12-21-22(15-19)27-14-13-26-21/h3-4,6-7,9,12,15,17,20H,5,8,10-11,13-14H2,1-2H3/t17-,20-/m1/s1. The van der Waals surface area contributed by atoms with Crippen molar-refractivity contribution < 1.29 is 14.3 Å². The average Bonchev–Trinajstić information content (AvgIpc) is 3.07. The molecule has 2 heterocycles. The number of carbonyl (C=O) groups excluding carboxylic acids is 1. The van der Waals surface area contributed by atoms with Gasteiger partial charge in [-0.1, -0.05) is 29.8 Å². The summed E-state index contributed by atoms with van der Waals surface area (Å²) in [6.07, 6.45) is 4.14. The van der Waals surface area contributed by atoms with E-state index in [0.29, 0.717) is 30.6 Å². The first kappa shape index (κ1) is 17.9. The molecule has 4 rings (SSSR count).